The fraction of sp³-hybridized carbons (Fsp3) is 0.350. The smallest absolute Gasteiger partial charge is 0.349 e. The molecular weight excluding hydrogens is 288 g/mol. The van der Waals surface area contributed by atoms with Crippen molar-refractivity contribution in [2.24, 2.45) is 0 Å². The molecule has 2 aromatic rings. The van der Waals surface area contributed by atoms with Gasteiger partial charge in [0.25, 0.3) is 0 Å². The van der Waals surface area contributed by atoms with Gasteiger partial charge in [0.1, 0.15) is 11.5 Å². The molecule has 122 valence electrons. The van der Waals surface area contributed by atoms with E-state index in [4.69, 9.17) is 9.47 Å². The van der Waals surface area contributed by atoms with Gasteiger partial charge in [0.2, 0.25) is 0 Å². The van der Waals surface area contributed by atoms with Crippen molar-refractivity contribution < 1.29 is 14.3 Å². The fourth-order valence-electron chi connectivity index (χ4n) is 2.32. The highest BCUT2D eigenvalue weighted by molar-refractivity contribution is 5.74. The summed E-state index contributed by atoms with van der Waals surface area (Å²) in [5.41, 5.74) is 3.15. The Morgan fingerprint density at radius 1 is 1.00 bits per heavy atom. The molecule has 0 radical (unpaired) electrons. The van der Waals surface area contributed by atoms with Crippen LogP contribution in [0.2, 0.25) is 0 Å². The van der Waals surface area contributed by atoms with Crippen molar-refractivity contribution in [3.63, 3.8) is 0 Å². The molecule has 0 unspecified atom stereocenters. The van der Waals surface area contributed by atoms with Gasteiger partial charge in [-0.25, -0.2) is 4.79 Å². The van der Waals surface area contributed by atoms with Crippen molar-refractivity contribution >= 4 is 5.97 Å². The summed E-state index contributed by atoms with van der Waals surface area (Å²) in [4.78, 5) is 12.1. The van der Waals surface area contributed by atoms with Gasteiger partial charge in [-0.2, -0.15) is 0 Å². The van der Waals surface area contributed by atoms with Gasteiger partial charge in [0, 0.05) is 5.56 Å². The summed E-state index contributed by atoms with van der Waals surface area (Å²) in [6, 6.07) is 13.4. The molecular formula is C20H24O3. The quantitative estimate of drug-likeness (QED) is 0.612. The lowest BCUT2D eigenvalue weighted by molar-refractivity contribution is -0.136. The SMILES string of the molecule is Cc1cccc(OCC(=O)Oc2ccc(C)cc2C(C)(C)C)c1. The van der Waals surface area contributed by atoms with E-state index in [9.17, 15) is 4.79 Å². The average Bonchev–Trinajstić information content (AvgIpc) is 2.46. The molecule has 0 amide bonds. The van der Waals surface area contributed by atoms with E-state index in [2.05, 4.69) is 26.8 Å². The molecule has 0 spiro atoms. The second-order valence-corrected chi connectivity index (χ2v) is 6.83. The minimum atomic E-state index is -0.402. The molecule has 0 aliphatic carbocycles. The van der Waals surface area contributed by atoms with Crippen LogP contribution in [0.3, 0.4) is 0 Å². The van der Waals surface area contributed by atoms with Gasteiger partial charge in [-0.3, -0.25) is 0 Å². The van der Waals surface area contributed by atoms with Crippen LogP contribution < -0.4 is 9.47 Å². The van der Waals surface area contributed by atoms with Crippen molar-refractivity contribution in [1.82, 2.24) is 0 Å². The zero-order valence-corrected chi connectivity index (χ0v) is 14.5. The van der Waals surface area contributed by atoms with Crippen molar-refractivity contribution in [2.75, 3.05) is 6.61 Å². The van der Waals surface area contributed by atoms with Gasteiger partial charge in [-0.1, -0.05) is 50.6 Å². The van der Waals surface area contributed by atoms with E-state index in [1.807, 2.05) is 50.2 Å². The van der Waals surface area contributed by atoms with Gasteiger partial charge >= 0.3 is 5.97 Å². The van der Waals surface area contributed by atoms with E-state index in [-0.39, 0.29) is 12.0 Å². The Balaban J connectivity index is 2.06. The Bertz CT molecular complexity index is 696. The second-order valence-electron chi connectivity index (χ2n) is 6.83. The first-order valence-corrected chi connectivity index (χ1v) is 7.77. The molecule has 0 aliphatic heterocycles. The maximum absolute atomic E-state index is 12.1. The Morgan fingerprint density at radius 2 is 1.70 bits per heavy atom. The number of rotatable bonds is 4. The normalized spacial score (nSPS) is 11.2. The third-order valence-corrected chi connectivity index (χ3v) is 3.51. The summed E-state index contributed by atoms with van der Waals surface area (Å²) < 4.78 is 11.0. The summed E-state index contributed by atoms with van der Waals surface area (Å²) in [7, 11) is 0. The lowest BCUT2D eigenvalue weighted by atomic mass is 9.85. The monoisotopic (exact) mass is 312 g/mol. The van der Waals surface area contributed by atoms with Crippen LogP contribution >= 0.6 is 0 Å². The fourth-order valence-corrected chi connectivity index (χ4v) is 2.32. The van der Waals surface area contributed by atoms with E-state index in [1.165, 1.54) is 0 Å². The minimum absolute atomic E-state index is 0.0982. The number of aryl methyl sites for hydroxylation is 2. The minimum Gasteiger partial charge on any atom is -0.482 e. The molecule has 0 saturated carbocycles. The molecule has 0 heterocycles. The van der Waals surface area contributed by atoms with E-state index < -0.39 is 5.97 Å². The number of esters is 1. The Kier molecular flexibility index (Phi) is 5.09. The van der Waals surface area contributed by atoms with E-state index in [0.717, 1.165) is 16.7 Å². The van der Waals surface area contributed by atoms with Gasteiger partial charge < -0.3 is 9.47 Å². The Labute approximate surface area is 138 Å². The molecule has 0 saturated heterocycles. The number of carbonyl (C=O) groups is 1. The summed E-state index contributed by atoms with van der Waals surface area (Å²) in [6.45, 7) is 10.2. The average molecular weight is 312 g/mol. The molecule has 0 atom stereocenters. The molecule has 0 aliphatic rings. The first-order valence-electron chi connectivity index (χ1n) is 7.77. The largest absolute Gasteiger partial charge is 0.482 e. The van der Waals surface area contributed by atoms with Crippen LogP contribution in [0.1, 0.15) is 37.5 Å². The lowest BCUT2D eigenvalue weighted by Gasteiger charge is -2.22. The predicted molar refractivity (Wildman–Crippen MR) is 92.2 cm³/mol. The summed E-state index contributed by atoms with van der Waals surface area (Å²) in [5.74, 6) is 0.865. The van der Waals surface area contributed by atoms with Crippen LogP contribution in [-0.2, 0) is 10.2 Å². The topological polar surface area (TPSA) is 35.5 Å². The van der Waals surface area contributed by atoms with Crippen molar-refractivity contribution in [2.45, 2.75) is 40.0 Å². The highest BCUT2D eigenvalue weighted by Crippen LogP contribution is 2.32. The number of carbonyl (C=O) groups excluding carboxylic acids is 1. The van der Waals surface area contributed by atoms with Crippen LogP contribution in [0.4, 0.5) is 0 Å². The molecule has 2 rings (SSSR count). The molecule has 0 N–H and O–H groups in total. The van der Waals surface area contributed by atoms with E-state index in [0.29, 0.717) is 11.5 Å². The molecule has 23 heavy (non-hydrogen) atoms. The second kappa shape index (κ2) is 6.86. The Hall–Kier alpha value is -2.29. The number of ether oxygens (including phenoxy) is 2. The standard InChI is InChI=1S/C20H24O3/c1-14-7-6-8-16(11-14)22-13-19(21)23-18-10-9-15(2)12-17(18)20(3,4)5/h6-12H,13H2,1-5H3. The zero-order chi connectivity index (χ0) is 17.0. The molecule has 2 aromatic carbocycles. The third-order valence-electron chi connectivity index (χ3n) is 3.51. The van der Waals surface area contributed by atoms with Crippen molar-refractivity contribution in [3.05, 3.63) is 59.2 Å². The molecule has 0 aromatic heterocycles. The summed E-state index contributed by atoms with van der Waals surface area (Å²) in [5, 5.41) is 0. The predicted octanol–water partition coefficient (Wildman–Crippen LogP) is 4.59. The van der Waals surface area contributed by atoms with E-state index in [1.54, 1.807) is 0 Å². The number of hydrogen-bond donors (Lipinski definition) is 0. The Morgan fingerprint density at radius 3 is 2.35 bits per heavy atom. The van der Waals surface area contributed by atoms with Gasteiger partial charge in [-0.15, -0.1) is 0 Å². The number of hydrogen-bond acceptors (Lipinski definition) is 3. The van der Waals surface area contributed by atoms with Crippen LogP contribution in [0, 0.1) is 13.8 Å². The van der Waals surface area contributed by atoms with Crippen molar-refractivity contribution in [1.29, 1.82) is 0 Å². The number of benzene rings is 2. The van der Waals surface area contributed by atoms with Crippen LogP contribution in [0.15, 0.2) is 42.5 Å². The van der Waals surface area contributed by atoms with Gasteiger partial charge in [0.05, 0.1) is 0 Å². The van der Waals surface area contributed by atoms with E-state index >= 15 is 0 Å². The van der Waals surface area contributed by atoms with Crippen molar-refractivity contribution in [3.8, 4) is 11.5 Å². The highest BCUT2D eigenvalue weighted by Gasteiger charge is 2.21. The van der Waals surface area contributed by atoms with Crippen LogP contribution in [0.5, 0.6) is 11.5 Å². The zero-order valence-electron chi connectivity index (χ0n) is 14.5. The summed E-state index contributed by atoms with van der Waals surface area (Å²) in [6.07, 6.45) is 0. The molecule has 0 fully saturated rings. The van der Waals surface area contributed by atoms with Gasteiger partial charge in [0.15, 0.2) is 6.61 Å². The first-order chi connectivity index (χ1) is 10.8. The molecule has 0 bridgehead atoms. The third kappa shape index (κ3) is 4.85. The molecule has 3 nitrogen and oxygen atoms in total. The summed E-state index contributed by atoms with van der Waals surface area (Å²) >= 11 is 0. The van der Waals surface area contributed by atoms with Gasteiger partial charge in [-0.05, 0) is 43.0 Å². The lowest BCUT2D eigenvalue weighted by Crippen LogP contribution is -2.21. The van der Waals surface area contributed by atoms with Crippen LogP contribution in [0.25, 0.3) is 0 Å². The molecule has 3 heteroatoms. The maximum atomic E-state index is 12.1. The highest BCUT2D eigenvalue weighted by atomic mass is 16.6. The van der Waals surface area contributed by atoms with Crippen LogP contribution in [-0.4, -0.2) is 12.6 Å². The maximum Gasteiger partial charge on any atom is 0.349 e. The first kappa shape index (κ1) is 17.1.